The quantitative estimate of drug-likeness (QED) is 0.351. The SMILES string of the molecule is Cc1nnc(Sc2cnc(C(N)=NO)cn2)n1C. The molecule has 3 N–H and O–H groups in total. The molecular formula is C9H11N7OS. The lowest BCUT2D eigenvalue weighted by Crippen LogP contribution is -2.15. The molecule has 0 atom stereocenters. The van der Waals surface area contributed by atoms with Gasteiger partial charge in [0.05, 0.1) is 12.4 Å². The average Bonchev–Trinajstić information content (AvgIpc) is 2.71. The Morgan fingerprint density at radius 2 is 2.17 bits per heavy atom. The van der Waals surface area contributed by atoms with Crippen molar-refractivity contribution in [3.05, 3.63) is 23.9 Å². The molecule has 0 saturated heterocycles. The van der Waals surface area contributed by atoms with Crippen molar-refractivity contribution in [2.45, 2.75) is 17.1 Å². The zero-order chi connectivity index (χ0) is 13.1. The molecule has 0 aliphatic rings. The monoisotopic (exact) mass is 265 g/mol. The van der Waals surface area contributed by atoms with Crippen molar-refractivity contribution >= 4 is 17.6 Å². The third-order valence-corrected chi connectivity index (χ3v) is 3.20. The molecule has 2 rings (SSSR count). The lowest BCUT2D eigenvalue weighted by Gasteiger charge is -2.01. The Morgan fingerprint density at radius 3 is 2.67 bits per heavy atom. The summed E-state index contributed by atoms with van der Waals surface area (Å²) >= 11 is 1.34. The molecule has 18 heavy (non-hydrogen) atoms. The van der Waals surface area contributed by atoms with Gasteiger partial charge in [-0.25, -0.2) is 9.97 Å². The van der Waals surface area contributed by atoms with Gasteiger partial charge in [0.2, 0.25) is 0 Å². The van der Waals surface area contributed by atoms with Gasteiger partial charge in [0, 0.05) is 7.05 Å². The molecule has 94 valence electrons. The van der Waals surface area contributed by atoms with Crippen molar-refractivity contribution in [1.29, 1.82) is 0 Å². The van der Waals surface area contributed by atoms with E-state index in [0.717, 1.165) is 11.0 Å². The Balaban J connectivity index is 2.18. The maximum Gasteiger partial charge on any atom is 0.197 e. The Bertz CT molecular complexity index is 577. The number of hydrogen-bond acceptors (Lipinski definition) is 7. The normalized spacial score (nSPS) is 11.8. The number of nitrogens with two attached hydrogens (primary N) is 1. The van der Waals surface area contributed by atoms with Crippen molar-refractivity contribution in [2.24, 2.45) is 17.9 Å². The molecule has 9 heteroatoms. The van der Waals surface area contributed by atoms with Gasteiger partial charge >= 0.3 is 0 Å². The van der Waals surface area contributed by atoms with Crippen LogP contribution in [0.4, 0.5) is 0 Å². The summed E-state index contributed by atoms with van der Waals surface area (Å²) < 4.78 is 1.85. The van der Waals surface area contributed by atoms with Gasteiger partial charge in [0.15, 0.2) is 11.0 Å². The number of rotatable bonds is 3. The predicted molar refractivity (Wildman–Crippen MR) is 64.4 cm³/mol. The summed E-state index contributed by atoms with van der Waals surface area (Å²) in [6.07, 6.45) is 2.96. The molecule has 0 unspecified atom stereocenters. The second-order valence-corrected chi connectivity index (χ2v) is 4.40. The molecule has 0 radical (unpaired) electrons. The Labute approximate surface area is 107 Å². The second kappa shape index (κ2) is 5.00. The zero-order valence-electron chi connectivity index (χ0n) is 9.77. The molecule has 0 saturated carbocycles. The summed E-state index contributed by atoms with van der Waals surface area (Å²) in [5.74, 6) is 0.743. The Morgan fingerprint density at radius 1 is 1.39 bits per heavy atom. The molecule has 0 aliphatic carbocycles. The van der Waals surface area contributed by atoms with E-state index in [1.165, 1.54) is 24.2 Å². The van der Waals surface area contributed by atoms with E-state index in [9.17, 15) is 0 Å². The summed E-state index contributed by atoms with van der Waals surface area (Å²) in [4.78, 5) is 8.17. The topological polar surface area (TPSA) is 115 Å². The van der Waals surface area contributed by atoms with Crippen LogP contribution in [0.3, 0.4) is 0 Å². The number of aryl methyl sites for hydroxylation is 1. The van der Waals surface area contributed by atoms with Crippen LogP contribution < -0.4 is 5.73 Å². The first-order chi connectivity index (χ1) is 8.61. The lowest BCUT2D eigenvalue weighted by molar-refractivity contribution is 0.318. The van der Waals surface area contributed by atoms with E-state index < -0.39 is 0 Å². The second-order valence-electron chi connectivity index (χ2n) is 3.42. The van der Waals surface area contributed by atoms with E-state index in [4.69, 9.17) is 10.9 Å². The molecule has 2 aromatic rings. The first-order valence-corrected chi connectivity index (χ1v) is 5.77. The van der Waals surface area contributed by atoms with Crippen LogP contribution in [0.15, 0.2) is 27.7 Å². The van der Waals surface area contributed by atoms with Gasteiger partial charge in [-0.1, -0.05) is 5.16 Å². The molecule has 0 fully saturated rings. The van der Waals surface area contributed by atoms with Crippen molar-refractivity contribution in [3.63, 3.8) is 0 Å². The van der Waals surface area contributed by atoms with Gasteiger partial charge in [-0.3, -0.25) is 0 Å². The van der Waals surface area contributed by atoms with Crippen LogP contribution in [0.1, 0.15) is 11.5 Å². The summed E-state index contributed by atoms with van der Waals surface area (Å²) in [6, 6.07) is 0. The number of nitrogens with zero attached hydrogens (tertiary/aromatic N) is 6. The highest BCUT2D eigenvalue weighted by atomic mass is 32.2. The van der Waals surface area contributed by atoms with Gasteiger partial charge in [0.1, 0.15) is 16.5 Å². The molecule has 0 aromatic carbocycles. The van der Waals surface area contributed by atoms with E-state index >= 15 is 0 Å². The molecule has 8 nitrogen and oxygen atoms in total. The highest BCUT2D eigenvalue weighted by Gasteiger charge is 2.09. The number of hydrogen-bond donors (Lipinski definition) is 2. The van der Waals surface area contributed by atoms with E-state index in [1.54, 1.807) is 0 Å². The fourth-order valence-corrected chi connectivity index (χ4v) is 1.87. The average molecular weight is 265 g/mol. The first kappa shape index (κ1) is 12.3. The molecule has 0 bridgehead atoms. The lowest BCUT2D eigenvalue weighted by atomic mass is 10.4. The highest BCUT2D eigenvalue weighted by molar-refractivity contribution is 7.99. The summed E-state index contributed by atoms with van der Waals surface area (Å²) in [5, 5.41) is 20.7. The third-order valence-electron chi connectivity index (χ3n) is 2.25. The largest absolute Gasteiger partial charge is 0.409 e. The van der Waals surface area contributed by atoms with Crippen LogP contribution in [0.2, 0.25) is 0 Å². The van der Waals surface area contributed by atoms with Gasteiger partial charge in [0.25, 0.3) is 0 Å². The van der Waals surface area contributed by atoms with Crippen LogP contribution in [0, 0.1) is 6.92 Å². The molecular weight excluding hydrogens is 254 g/mol. The van der Waals surface area contributed by atoms with Gasteiger partial charge in [-0.05, 0) is 18.7 Å². The maximum atomic E-state index is 8.50. The minimum absolute atomic E-state index is 0.0754. The molecule has 2 heterocycles. The molecule has 0 spiro atoms. The maximum absolute atomic E-state index is 8.50. The van der Waals surface area contributed by atoms with Crippen molar-refractivity contribution < 1.29 is 5.21 Å². The molecule has 0 amide bonds. The van der Waals surface area contributed by atoms with E-state index in [-0.39, 0.29) is 5.84 Å². The summed E-state index contributed by atoms with van der Waals surface area (Å²) in [5.41, 5.74) is 5.70. The Hall–Kier alpha value is -2.16. The minimum Gasteiger partial charge on any atom is -0.409 e. The van der Waals surface area contributed by atoms with Crippen LogP contribution in [0.25, 0.3) is 0 Å². The van der Waals surface area contributed by atoms with Crippen LogP contribution in [0.5, 0.6) is 0 Å². The van der Waals surface area contributed by atoms with E-state index in [0.29, 0.717) is 10.7 Å². The number of aromatic nitrogens is 5. The fraction of sp³-hybridized carbons (Fsp3) is 0.222. The zero-order valence-corrected chi connectivity index (χ0v) is 10.6. The number of amidine groups is 1. The van der Waals surface area contributed by atoms with Crippen LogP contribution in [-0.2, 0) is 7.05 Å². The van der Waals surface area contributed by atoms with Crippen LogP contribution >= 0.6 is 11.8 Å². The van der Waals surface area contributed by atoms with Crippen molar-refractivity contribution in [1.82, 2.24) is 24.7 Å². The highest BCUT2D eigenvalue weighted by Crippen LogP contribution is 2.23. The molecule has 2 aromatic heterocycles. The third kappa shape index (κ3) is 2.40. The van der Waals surface area contributed by atoms with Crippen molar-refractivity contribution in [3.8, 4) is 0 Å². The smallest absolute Gasteiger partial charge is 0.197 e. The Kier molecular flexibility index (Phi) is 3.42. The minimum atomic E-state index is -0.0754. The van der Waals surface area contributed by atoms with E-state index in [2.05, 4.69) is 25.3 Å². The fourth-order valence-electron chi connectivity index (χ4n) is 1.12. The van der Waals surface area contributed by atoms with Gasteiger partial charge in [-0.15, -0.1) is 10.2 Å². The van der Waals surface area contributed by atoms with E-state index in [1.807, 2.05) is 18.5 Å². The first-order valence-electron chi connectivity index (χ1n) is 4.95. The number of oxime groups is 1. The summed E-state index contributed by atoms with van der Waals surface area (Å²) in [6.45, 7) is 1.87. The standard InChI is InChI=1S/C9H11N7OS/c1-5-13-14-9(16(5)2)18-7-4-11-6(3-12-7)8(10)15-17/h3-4,17H,1-2H3,(H2,10,15). The van der Waals surface area contributed by atoms with Gasteiger partial charge in [-0.2, -0.15) is 0 Å². The predicted octanol–water partition coefficient (Wildman–Crippen LogP) is 0.159. The van der Waals surface area contributed by atoms with Crippen molar-refractivity contribution in [2.75, 3.05) is 0 Å². The molecule has 0 aliphatic heterocycles. The van der Waals surface area contributed by atoms with Crippen LogP contribution in [-0.4, -0.2) is 35.8 Å². The summed E-state index contributed by atoms with van der Waals surface area (Å²) in [7, 11) is 1.87. The van der Waals surface area contributed by atoms with Gasteiger partial charge < -0.3 is 15.5 Å².